The first kappa shape index (κ1) is 19.4. The molecule has 1 saturated heterocycles. The highest BCUT2D eigenvalue weighted by Crippen LogP contribution is 2.26. The number of amides is 1. The molecule has 3 aromatic rings. The summed E-state index contributed by atoms with van der Waals surface area (Å²) in [5, 5.41) is 8.49. The van der Waals surface area contributed by atoms with Crippen LogP contribution in [0.3, 0.4) is 0 Å². The number of anilines is 1. The summed E-state index contributed by atoms with van der Waals surface area (Å²) in [7, 11) is 0. The van der Waals surface area contributed by atoms with Crippen LogP contribution in [0.25, 0.3) is 11.5 Å². The summed E-state index contributed by atoms with van der Waals surface area (Å²) in [6, 6.07) is 13.1. The number of nitrogens with zero attached hydrogens (tertiary/aromatic N) is 3. The van der Waals surface area contributed by atoms with Crippen LogP contribution < -0.4 is 4.90 Å². The molecule has 0 radical (unpaired) electrons. The first-order chi connectivity index (χ1) is 14.0. The van der Waals surface area contributed by atoms with Gasteiger partial charge in [0.05, 0.1) is 5.75 Å². The molecule has 1 aliphatic rings. The summed E-state index contributed by atoms with van der Waals surface area (Å²) in [6.07, 6.45) is 1.47. The molecule has 2 heterocycles. The lowest BCUT2D eigenvalue weighted by molar-refractivity contribution is -0.117. The molecule has 0 atom stereocenters. The quantitative estimate of drug-likeness (QED) is 0.444. The monoisotopic (exact) mass is 407 g/mol. The van der Waals surface area contributed by atoms with Gasteiger partial charge in [-0.3, -0.25) is 9.59 Å². The normalized spacial score (nSPS) is 13.9. The number of aryl methyl sites for hydroxylation is 2. The second-order valence-corrected chi connectivity index (χ2v) is 8.01. The minimum absolute atomic E-state index is 0.0276. The summed E-state index contributed by atoms with van der Waals surface area (Å²) in [4.78, 5) is 26.1. The molecule has 0 bridgehead atoms. The van der Waals surface area contributed by atoms with E-state index >= 15 is 0 Å². The minimum Gasteiger partial charge on any atom is -0.411 e. The molecule has 4 rings (SSSR count). The fraction of sp³-hybridized carbons (Fsp3) is 0.273. The summed E-state index contributed by atoms with van der Waals surface area (Å²) in [5.74, 6) is 0.759. The van der Waals surface area contributed by atoms with Crippen molar-refractivity contribution < 1.29 is 14.0 Å². The third kappa shape index (κ3) is 4.24. The maximum Gasteiger partial charge on any atom is 0.277 e. The van der Waals surface area contributed by atoms with E-state index in [1.165, 1.54) is 17.3 Å². The molecule has 6 nitrogen and oxygen atoms in total. The number of thioether (sulfide) groups is 1. The molecule has 0 aliphatic carbocycles. The van der Waals surface area contributed by atoms with Crippen LogP contribution >= 0.6 is 11.8 Å². The van der Waals surface area contributed by atoms with Gasteiger partial charge in [-0.1, -0.05) is 17.8 Å². The van der Waals surface area contributed by atoms with Crippen LogP contribution in [0, 0.1) is 13.8 Å². The van der Waals surface area contributed by atoms with Crippen molar-refractivity contribution in [2.45, 2.75) is 31.9 Å². The SMILES string of the molecule is Cc1ccc(-c2nnc(SCC(=O)c3ccc(N4CCCC4=O)cc3)o2)cc1C. The van der Waals surface area contributed by atoms with E-state index in [0.717, 1.165) is 29.8 Å². The zero-order chi connectivity index (χ0) is 20.4. The van der Waals surface area contributed by atoms with E-state index in [-0.39, 0.29) is 17.4 Å². The van der Waals surface area contributed by atoms with Gasteiger partial charge >= 0.3 is 0 Å². The van der Waals surface area contributed by atoms with E-state index in [0.29, 0.717) is 23.1 Å². The van der Waals surface area contributed by atoms with Gasteiger partial charge in [-0.2, -0.15) is 0 Å². The molecule has 29 heavy (non-hydrogen) atoms. The average Bonchev–Trinajstić information content (AvgIpc) is 3.37. The van der Waals surface area contributed by atoms with Crippen LogP contribution in [0.2, 0.25) is 0 Å². The van der Waals surface area contributed by atoms with E-state index in [1.807, 2.05) is 37.3 Å². The van der Waals surface area contributed by atoms with Gasteiger partial charge in [-0.05, 0) is 67.8 Å². The fourth-order valence-electron chi connectivity index (χ4n) is 3.22. The molecular weight excluding hydrogens is 386 g/mol. The second kappa shape index (κ2) is 8.21. The van der Waals surface area contributed by atoms with Crippen molar-refractivity contribution in [1.82, 2.24) is 10.2 Å². The molecule has 148 valence electrons. The Bertz CT molecular complexity index is 1060. The second-order valence-electron chi connectivity index (χ2n) is 7.08. The van der Waals surface area contributed by atoms with Crippen molar-refractivity contribution >= 4 is 29.1 Å². The van der Waals surface area contributed by atoms with E-state index in [9.17, 15) is 9.59 Å². The highest BCUT2D eigenvalue weighted by molar-refractivity contribution is 7.99. The maximum absolute atomic E-state index is 12.5. The van der Waals surface area contributed by atoms with Gasteiger partial charge in [0.15, 0.2) is 5.78 Å². The molecule has 0 saturated carbocycles. The van der Waals surface area contributed by atoms with Gasteiger partial charge in [-0.25, -0.2) is 0 Å². The third-order valence-electron chi connectivity index (χ3n) is 5.06. The average molecular weight is 407 g/mol. The smallest absolute Gasteiger partial charge is 0.277 e. The summed E-state index contributed by atoms with van der Waals surface area (Å²) >= 11 is 1.22. The fourth-order valence-corrected chi connectivity index (χ4v) is 3.88. The van der Waals surface area contributed by atoms with E-state index in [1.54, 1.807) is 17.0 Å². The number of hydrogen-bond donors (Lipinski definition) is 0. The van der Waals surface area contributed by atoms with Gasteiger partial charge in [0.2, 0.25) is 11.8 Å². The molecule has 0 N–H and O–H groups in total. The first-order valence-electron chi connectivity index (χ1n) is 9.49. The molecule has 0 spiro atoms. The van der Waals surface area contributed by atoms with E-state index in [4.69, 9.17) is 4.42 Å². The van der Waals surface area contributed by atoms with Crippen molar-refractivity contribution in [3.8, 4) is 11.5 Å². The Morgan fingerprint density at radius 3 is 2.59 bits per heavy atom. The van der Waals surface area contributed by atoms with Crippen LogP contribution in [-0.2, 0) is 4.79 Å². The van der Waals surface area contributed by atoms with Gasteiger partial charge in [0.1, 0.15) is 0 Å². The van der Waals surface area contributed by atoms with Gasteiger partial charge in [0.25, 0.3) is 5.22 Å². The lowest BCUT2D eigenvalue weighted by Crippen LogP contribution is -2.23. The predicted molar refractivity (Wildman–Crippen MR) is 112 cm³/mol. The standard InChI is InChI=1S/C22H21N3O3S/c1-14-5-6-17(12-15(14)2)21-23-24-22(28-21)29-13-19(26)16-7-9-18(10-8-16)25-11-3-4-20(25)27/h5-10,12H,3-4,11,13H2,1-2H3. The molecule has 0 unspecified atom stereocenters. The van der Waals surface area contributed by atoms with E-state index in [2.05, 4.69) is 17.1 Å². The molecule has 1 fully saturated rings. The Hall–Kier alpha value is -2.93. The van der Waals surface area contributed by atoms with Crippen LogP contribution in [0.1, 0.15) is 34.3 Å². The molecule has 7 heteroatoms. The van der Waals surface area contributed by atoms with Gasteiger partial charge in [0, 0.05) is 29.8 Å². The summed E-state index contributed by atoms with van der Waals surface area (Å²) < 4.78 is 5.69. The van der Waals surface area contributed by atoms with Crippen LogP contribution in [0.4, 0.5) is 5.69 Å². The Labute approximate surface area is 173 Å². The number of aromatic nitrogens is 2. The lowest BCUT2D eigenvalue weighted by atomic mass is 10.1. The Morgan fingerprint density at radius 1 is 1.10 bits per heavy atom. The number of carbonyl (C=O) groups is 2. The predicted octanol–water partition coefficient (Wildman–Crippen LogP) is 4.46. The topological polar surface area (TPSA) is 76.3 Å². The van der Waals surface area contributed by atoms with Gasteiger partial charge < -0.3 is 9.32 Å². The van der Waals surface area contributed by atoms with E-state index < -0.39 is 0 Å². The molecule has 2 aromatic carbocycles. The molecule has 1 aliphatic heterocycles. The highest BCUT2D eigenvalue weighted by Gasteiger charge is 2.21. The molecule has 1 aromatic heterocycles. The number of benzene rings is 2. The zero-order valence-corrected chi connectivity index (χ0v) is 17.2. The summed E-state index contributed by atoms with van der Waals surface area (Å²) in [5.41, 5.74) is 4.66. The largest absolute Gasteiger partial charge is 0.411 e. The van der Waals surface area contributed by atoms with Crippen molar-refractivity contribution in [3.05, 3.63) is 59.2 Å². The Kier molecular flexibility index (Phi) is 5.49. The number of ketones is 1. The summed E-state index contributed by atoms with van der Waals surface area (Å²) in [6.45, 7) is 4.83. The van der Waals surface area contributed by atoms with Crippen molar-refractivity contribution in [2.75, 3.05) is 17.2 Å². The van der Waals surface area contributed by atoms with Crippen molar-refractivity contribution in [1.29, 1.82) is 0 Å². The van der Waals surface area contributed by atoms with Crippen LogP contribution in [0.5, 0.6) is 0 Å². The minimum atomic E-state index is -0.0276. The third-order valence-corrected chi connectivity index (χ3v) is 5.88. The lowest BCUT2D eigenvalue weighted by Gasteiger charge is -2.15. The maximum atomic E-state index is 12.5. The Balaban J connectivity index is 1.38. The molecular formula is C22H21N3O3S. The number of hydrogen-bond acceptors (Lipinski definition) is 6. The number of rotatable bonds is 6. The first-order valence-corrected chi connectivity index (χ1v) is 10.5. The Morgan fingerprint density at radius 2 is 1.90 bits per heavy atom. The van der Waals surface area contributed by atoms with Gasteiger partial charge in [-0.15, -0.1) is 10.2 Å². The number of carbonyl (C=O) groups excluding carboxylic acids is 2. The number of Topliss-reactive ketones (excluding diaryl/α,β-unsaturated/α-hetero) is 1. The van der Waals surface area contributed by atoms with Crippen LogP contribution in [-0.4, -0.2) is 34.2 Å². The zero-order valence-electron chi connectivity index (χ0n) is 16.3. The van der Waals surface area contributed by atoms with Crippen molar-refractivity contribution in [2.24, 2.45) is 0 Å². The van der Waals surface area contributed by atoms with Crippen molar-refractivity contribution in [3.63, 3.8) is 0 Å². The van der Waals surface area contributed by atoms with Crippen LogP contribution in [0.15, 0.2) is 52.1 Å². The molecule has 1 amide bonds. The highest BCUT2D eigenvalue weighted by atomic mass is 32.2.